The highest BCUT2D eigenvalue weighted by molar-refractivity contribution is 5.80. The number of benzene rings is 2. The summed E-state index contributed by atoms with van der Waals surface area (Å²) in [6, 6.07) is 10.3. The maximum atomic E-state index is 12.6. The fourth-order valence-corrected chi connectivity index (χ4v) is 2.08. The molecule has 0 saturated heterocycles. The summed E-state index contributed by atoms with van der Waals surface area (Å²) in [5, 5.41) is 5.12. The highest BCUT2D eigenvalue weighted by Gasteiger charge is 2.30. The maximum Gasteiger partial charge on any atom is 0.416 e. The van der Waals surface area contributed by atoms with Crippen LogP contribution in [0.2, 0.25) is 0 Å². The number of carbonyl (C=O) groups is 1. The van der Waals surface area contributed by atoms with E-state index in [4.69, 9.17) is 0 Å². The minimum atomic E-state index is -4.47. The summed E-state index contributed by atoms with van der Waals surface area (Å²) in [6.45, 7) is -3.13. The number of nitrogens with one attached hydrogen (secondary N) is 2. The lowest BCUT2D eigenvalue weighted by Crippen LogP contribution is -2.29. The molecule has 0 heterocycles. The van der Waals surface area contributed by atoms with Gasteiger partial charge in [0, 0.05) is 12.2 Å². The molecule has 0 radical (unpaired) electrons. The summed E-state index contributed by atoms with van der Waals surface area (Å²) in [6.07, 6.45) is -4.47. The van der Waals surface area contributed by atoms with Crippen molar-refractivity contribution in [2.75, 3.05) is 11.9 Å². The number of rotatable bonds is 7. The third kappa shape index (κ3) is 6.23. The van der Waals surface area contributed by atoms with E-state index < -0.39 is 24.3 Å². The zero-order valence-electron chi connectivity index (χ0n) is 13.3. The van der Waals surface area contributed by atoms with E-state index in [1.165, 1.54) is 30.3 Å². The molecule has 2 N–H and O–H groups in total. The van der Waals surface area contributed by atoms with E-state index in [1.54, 1.807) is 6.07 Å². The van der Waals surface area contributed by atoms with Crippen molar-refractivity contribution in [3.05, 3.63) is 59.7 Å². The van der Waals surface area contributed by atoms with Gasteiger partial charge in [0.05, 0.1) is 12.1 Å². The van der Waals surface area contributed by atoms with E-state index in [-0.39, 0.29) is 24.5 Å². The predicted molar refractivity (Wildman–Crippen MR) is 84.9 cm³/mol. The van der Waals surface area contributed by atoms with Crippen molar-refractivity contribution in [1.82, 2.24) is 5.32 Å². The first-order chi connectivity index (χ1) is 12.2. The fourth-order valence-electron chi connectivity index (χ4n) is 2.08. The van der Waals surface area contributed by atoms with Gasteiger partial charge in [-0.3, -0.25) is 4.79 Å². The Labute approximate surface area is 146 Å². The van der Waals surface area contributed by atoms with Gasteiger partial charge in [-0.1, -0.05) is 18.2 Å². The number of hydrogen-bond donors (Lipinski definition) is 2. The van der Waals surface area contributed by atoms with E-state index in [0.29, 0.717) is 5.56 Å². The van der Waals surface area contributed by atoms with Crippen molar-refractivity contribution >= 4 is 11.6 Å². The van der Waals surface area contributed by atoms with Crippen LogP contribution in [-0.2, 0) is 17.5 Å². The molecule has 1 amide bonds. The van der Waals surface area contributed by atoms with Crippen LogP contribution in [0.1, 0.15) is 11.1 Å². The van der Waals surface area contributed by atoms with E-state index in [0.717, 1.165) is 12.1 Å². The van der Waals surface area contributed by atoms with Crippen LogP contribution in [0.15, 0.2) is 48.5 Å². The van der Waals surface area contributed by atoms with Gasteiger partial charge in [-0.15, -0.1) is 0 Å². The average molecular weight is 374 g/mol. The highest BCUT2D eigenvalue weighted by atomic mass is 19.4. The Kier molecular flexibility index (Phi) is 6.37. The van der Waals surface area contributed by atoms with Crippen LogP contribution in [-0.4, -0.2) is 19.1 Å². The number of anilines is 1. The number of alkyl halides is 5. The third-order valence-corrected chi connectivity index (χ3v) is 3.26. The molecule has 2 aromatic rings. The van der Waals surface area contributed by atoms with Crippen molar-refractivity contribution in [2.24, 2.45) is 0 Å². The lowest BCUT2D eigenvalue weighted by atomic mass is 10.2. The van der Waals surface area contributed by atoms with Crippen molar-refractivity contribution in [2.45, 2.75) is 19.3 Å². The number of halogens is 5. The Morgan fingerprint density at radius 3 is 2.50 bits per heavy atom. The highest BCUT2D eigenvalue weighted by Crippen LogP contribution is 2.30. The molecule has 0 unspecified atom stereocenters. The third-order valence-electron chi connectivity index (χ3n) is 3.26. The van der Waals surface area contributed by atoms with E-state index in [2.05, 4.69) is 15.4 Å². The molecule has 0 fully saturated rings. The Balaban J connectivity index is 1.84. The van der Waals surface area contributed by atoms with Crippen LogP contribution in [0, 0.1) is 0 Å². The standard InChI is InChI=1S/C17H15F5N2O2/c18-16(19)26-14-6-1-3-11(7-14)9-24-15(25)10-23-13-5-2-4-12(8-13)17(20,21)22/h1-8,16,23H,9-10H2,(H,24,25). The SMILES string of the molecule is O=C(CNc1cccc(C(F)(F)F)c1)NCc1cccc(OC(F)F)c1. The second kappa shape index (κ2) is 8.50. The van der Waals surface area contributed by atoms with Gasteiger partial charge in [0.15, 0.2) is 0 Å². The molecular formula is C17H15F5N2O2. The van der Waals surface area contributed by atoms with E-state index in [9.17, 15) is 26.7 Å². The van der Waals surface area contributed by atoms with Crippen LogP contribution < -0.4 is 15.4 Å². The quantitative estimate of drug-likeness (QED) is 0.720. The number of hydrogen-bond acceptors (Lipinski definition) is 3. The zero-order chi connectivity index (χ0) is 19.2. The molecule has 0 aliphatic heterocycles. The molecule has 0 aliphatic carbocycles. The smallest absolute Gasteiger partial charge is 0.416 e. The average Bonchev–Trinajstić information content (AvgIpc) is 2.57. The van der Waals surface area contributed by atoms with Crippen LogP contribution >= 0.6 is 0 Å². The molecule has 2 rings (SSSR count). The maximum absolute atomic E-state index is 12.6. The number of amides is 1. The Morgan fingerprint density at radius 2 is 1.81 bits per heavy atom. The lowest BCUT2D eigenvalue weighted by molar-refractivity contribution is -0.137. The molecule has 0 atom stereocenters. The molecule has 4 nitrogen and oxygen atoms in total. The second-order valence-corrected chi connectivity index (χ2v) is 5.23. The van der Waals surface area contributed by atoms with Crippen LogP contribution in [0.5, 0.6) is 5.75 Å². The van der Waals surface area contributed by atoms with E-state index in [1.807, 2.05) is 0 Å². The second-order valence-electron chi connectivity index (χ2n) is 5.23. The van der Waals surface area contributed by atoms with Gasteiger partial charge in [0.25, 0.3) is 0 Å². The molecule has 0 aliphatic rings. The van der Waals surface area contributed by atoms with Crippen molar-refractivity contribution in [3.8, 4) is 5.75 Å². The summed E-state index contributed by atoms with van der Waals surface area (Å²) in [5.41, 5.74) is -0.128. The van der Waals surface area contributed by atoms with Crippen molar-refractivity contribution < 1.29 is 31.5 Å². The summed E-state index contributed by atoms with van der Waals surface area (Å²) in [7, 11) is 0. The molecule has 0 bridgehead atoms. The van der Waals surface area contributed by atoms with Crippen LogP contribution in [0.3, 0.4) is 0 Å². The monoisotopic (exact) mass is 374 g/mol. The van der Waals surface area contributed by atoms with Gasteiger partial charge >= 0.3 is 12.8 Å². The Morgan fingerprint density at radius 1 is 1.08 bits per heavy atom. The summed E-state index contributed by atoms with van der Waals surface area (Å²) in [4.78, 5) is 11.8. The van der Waals surface area contributed by atoms with Crippen molar-refractivity contribution in [3.63, 3.8) is 0 Å². The first kappa shape index (κ1) is 19.5. The molecule has 0 aromatic heterocycles. The summed E-state index contributed by atoms with van der Waals surface area (Å²) < 4.78 is 66.4. The van der Waals surface area contributed by atoms with Crippen molar-refractivity contribution in [1.29, 1.82) is 0 Å². The number of ether oxygens (including phenoxy) is 1. The topological polar surface area (TPSA) is 50.4 Å². The van der Waals surface area contributed by atoms with Gasteiger partial charge in [0.1, 0.15) is 5.75 Å². The first-order valence-corrected chi connectivity index (χ1v) is 7.45. The fraction of sp³-hybridized carbons (Fsp3) is 0.235. The van der Waals surface area contributed by atoms with E-state index >= 15 is 0 Å². The lowest BCUT2D eigenvalue weighted by Gasteiger charge is -2.11. The first-order valence-electron chi connectivity index (χ1n) is 7.45. The van der Waals surface area contributed by atoms with Crippen LogP contribution in [0.25, 0.3) is 0 Å². The molecule has 26 heavy (non-hydrogen) atoms. The molecular weight excluding hydrogens is 359 g/mol. The predicted octanol–water partition coefficient (Wildman–Crippen LogP) is 4.04. The zero-order valence-corrected chi connectivity index (χ0v) is 13.3. The minimum absolute atomic E-state index is 0.0335. The molecule has 140 valence electrons. The summed E-state index contributed by atoms with van der Waals surface area (Å²) >= 11 is 0. The minimum Gasteiger partial charge on any atom is -0.435 e. The van der Waals surface area contributed by atoms with Gasteiger partial charge in [-0.05, 0) is 35.9 Å². The van der Waals surface area contributed by atoms with Crippen LogP contribution in [0.4, 0.5) is 27.6 Å². The molecule has 0 saturated carbocycles. The normalized spacial score (nSPS) is 11.3. The van der Waals surface area contributed by atoms with Gasteiger partial charge in [-0.25, -0.2) is 0 Å². The Hall–Kier alpha value is -2.84. The van der Waals surface area contributed by atoms with Gasteiger partial charge in [0.2, 0.25) is 5.91 Å². The largest absolute Gasteiger partial charge is 0.435 e. The summed E-state index contributed by atoms with van der Waals surface area (Å²) in [5.74, 6) is -0.503. The number of carbonyl (C=O) groups excluding carboxylic acids is 1. The molecule has 0 spiro atoms. The van der Waals surface area contributed by atoms with Gasteiger partial charge in [-0.2, -0.15) is 22.0 Å². The molecule has 9 heteroatoms. The Bertz CT molecular complexity index is 750. The van der Waals surface area contributed by atoms with Gasteiger partial charge < -0.3 is 15.4 Å². The molecule has 2 aromatic carbocycles.